The Bertz CT molecular complexity index is 736. The number of ether oxygens (including phenoxy) is 1. The number of benzene rings is 1. The van der Waals surface area contributed by atoms with Crippen LogP contribution in [0.25, 0.3) is 0 Å². The van der Waals surface area contributed by atoms with Crippen LogP contribution in [0.1, 0.15) is 9.67 Å². The van der Waals surface area contributed by atoms with Crippen LogP contribution < -0.4 is 10.6 Å². The standard InChI is InChI=1S/C17H17ClN2O4S2/c18-12-3-5-13(6-4-12)25-9-7-19-15(21)11-24-16(22)10-20-17(23)14-2-1-8-26-14/h1-6,8H,7,9-11H2,(H,19,21)(H,20,23). The summed E-state index contributed by atoms with van der Waals surface area (Å²) in [7, 11) is 0. The summed E-state index contributed by atoms with van der Waals surface area (Å²) in [6, 6.07) is 10.8. The lowest BCUT2D eigenvalue weighted by Crippen LogP contribution is -2.34. The maximum absolute atomic E-state index is 11.7. The van der Waals surface area contributed by atoms with Crippen LogP contribution in [0.4, 0.5) is 0 Å². The van der Waals surface area contributed by atoms with E-state index >= 15 is 0 Å². The molecule has 0 bridgehead atoms. The highest BCUT2D eigenvalue weighted by Gasteiger charge is 2.11. The number of halogens is 1. The van der Waals surface area contributed by atoms with E-state index in [0.29, 0.717) is 22.2 Å². The Morgan fingerprint density at radius 1 is 1.12 bits per heavy atom. The molecule has 1 aromatic heterocycles. The minimum Gasteiger partial charge on any atom is -0.454 e. The second-order valence-corrected chi connectivity index (χ2v) is 7.53. The Labute approximate surface area is 164 Å². The van der Waals surface area contributed by atoms with E-state index in [1.807, 2.05) is 12.1 Å². The van der Waals surface area contributed by atoms with Crippen molar-refractivity contribution >= 4 is 52.5 Å². The van der Waals surface area contributed by atoms with E-state index in [1.54, 1.807) is 41.4 Å². The lowest BCUT2D eigenvalue weighted by Gasteiger charge is -2.07. The number of carbonyl (C=O) groups excluding carboxylic acids is 3. The van der Waals surface area contributed by atoms with E-state index in [2.05, 4.69) is 10.6 Å². The SMILES string of the molecule is O=C(COC(=O)CNC(=O)c1cccs1)NCCSc1ccc(Cl)cc1. The van der Waals surface area contributed by atoms with Gasteiger partial charge in [0.05, 0.1) is 4.88 Å². The third kappa shape index (κ3) is 7.47. The van der Waals surface area contributed by atoms with E-state index in [1.165, 1.54) is 11.3 Å². The molecule has 9 heteroatoms. The largest absolute Gasteiger partial charge is 0.454 e. The molecule has 26 heavy (non-hydrogen) atoms. The number of esters is 1. The number of thiophene rings is 1. The van der Waals surface area contributed by atoms with Crippen molar-refractivity contribution in [2.75, 3.05) is 25.4 Å². The van der Waals surface area contributed by atoms with Gasteiger partial charge in [-0.2, -0.15) is 0 Å². The normalized spacial score (nSPS) is 10.2. The number of hydrogen-bond donors (Lipinski definition) is 2. The fourth-order valence-electron chi connectivity index (χ4n) is 1.79. The Balaban J connectivity index is 1.54. The molecule has 0 radical (unpaired) electrons. The molecule has 2 N–H and O–H groups in total. The second kappa shape index (κ2) is 10.8. The number of nitrogens with one attached hydrogen (secondary N) is 2. The van der Waals surface area contributed by atoms with Gasteiger partial charge in [-0.25, -0.2) is 0 Å². The first-order valence-corrected chi connectivity index (χ1v) is 9.91. The average Bonchev–Trinajstić information content (AvgIpc) is 3.18. The lowest BCUT2D eigenvalue weighted by atomic mass is 10.4. The molecule has 0 aliphatic rings. The van der Waals surface area contributed by atoms with Gasteiger partial charge in [-0.3, -0.25) is 14.4 Å². The number of thioether (sulfide) groups is 1. The van der Waals surface area contributed by atoms with Gasteiger partial charge >= 0.3 is 5.97 Å². The third-order valence-electron chi connectivity index (χ3n) is 3.01. The van der Waals surface area contributed by atoms with Gasteiger partial charge in [-0.15, -0.1) is 23.1 Å². The molecule has 138 valence electrons. The molecule has 2 amide bonds. The minimum absolute atomic E-state index is 0.281. The van der Waals surface area contributed by atoms with Crippen molar-refractivity contribution in [3.63, 3.8) is 0 Å². The van der Waals surface area contributed by atoms with Crippen LogP contribution in [0.2, 0.25) is 5.02 Å². The van der Waals surface area contributed by atoms with Crippen molar-refractivity contribution in [1.82, 2.24) is 10.6 Å². The fraction of sp³-hybridized carbons (Fsp3) is 0.235. The Kier molecular flexibility index (Phi) is 8.46. The van der Waals surface area contributed by atoms with Crippen LogP contribution in [0.5, 0.6) is 0 Å². The van der Waals surface area contributed by atoms with Crippen LogP contribution in [-0.4, -0.2) is 43.2 Å². The first kappa shape index (κ1) is 20.3. The van der Waals surface area contributed by atoms with Crippen LogP contribution in [0, 0.1) is 0 Å². The van der Waals surface area contributed by atoms with Gasteiger partial charge in [0.1, 0.15) is 6.54 Å². The molecule has 1 heterocycles. The summed E-state index contributed by atoms with van der Waals surface area (Å²) >= 11 is 8.66. The predicted octanol–water partition coefficient (Wildman–Crippen LogP) is 2.58. The van der Waals surface area contributed by atoms with Crippen LogP contribution in [-0.2, 0) is 14.3 Å². The van der Waals surface area contributed by atoms with E-state index in [0.717, 1.165) is 4.90 Å². The smallest absolute Gasteiger partial charge is 0.325 e. The monoisotopic (exact) mass is 412 g/mol. The number of rotatable bonds is 9. The second-order valence-electron chi connectivity index (χ2n) is 4.97. The molecule has 0 spiro atoms. The Hall–Kier alpha value is -2.03. The summed E-state index contributed by atoms with van der Waals surface area (Å²) in [6.45, 7) is -0.214. The first-order valence-electron chi connectivity index (χ1n) is 7.67. The molecule has 0 saturated heterocycles. The summed E-state index contributed by atoms with van der Waals surface area (Å²) < 4.78 is 4.82. The fourth-order valence-corrected chi connectivity index (χ4v) is 3.32. The van der Waals surface area contributed by atoms with Gasteiger partial charge in [0.2, 0.25) is 0 Å². The summed E-state index contributed by atoms with van der Waals surface area (Å²) in [5.74, 6) is -0.723. The van der Waals surface area contributed by atoms with Crippen LogP contribution >= 0.6 is 34.7 Å². The molecule has 0 saturated carbocycles. The van der Waals surface area contributed by atoms with Gasteiger partial charge < -0.3 is 15.4 Å². The number of amides is 2. The predicted molar refractivity (Wildman–Crippen MR) is 103 cm³/mol. The van der Waals surface area contributed by atoms with E-state index in [-0.39, 0.29) is 25.0 Å². The van der Waals surface area contributed by atoms with Gasteiger partial charge in [-0.05, 0) is 35.7 Å². The maximum Gasteiger partial charge on any atom is 0.325 e. The lowest BCUT2D eigenvalue weighted by molar-refractivity contribution is -0.147. The molecule has 0 aliphatic carbocycles. The minimum atomic E-state index is -0.666. The topological polar surface area (TPSA) is 84.5 Å². The molecular weight excluding hydrogens is 396 g/mol. The molecule has 2 rings (SSSR count). The van der Waals surface area contributed by atoms with E-state index < -0.39 is 5.97 Å². The molecule has 0 fully saturated rings. The summed E-state index contributed by atoms with van der Waals surface area (Å²) in [5.41, 5.74) is 0. The maximum atomic E-state index is 11.7. The molecule has 1 aromatic carbocycles. The van der Waals surface area contributed by atoms with Crippen LogP contribution in [0.3, 0.4) is 0 Å². The highest BCUT2D eigenvalue weighted by Crippen LogP contribution is 2.19. The van der Waals surface area contributed by atoms with Crippen molar-refractivity contribution in [2.45, 2.75) is 4.90 Å². The molecule has 0 aliphatic heterocycles. The summed E-state index contributed by atoms with van der Waals surface area (Å²) in [6.07, 6.45) is 0. The zero-order valence-electron chi connectivity index (χ0n) is 13.7. The van der Waals surface area contributed by atoms with Crippen molar-refractivity contribution in [3.8, 4) is 0 Å². The third-order valence-corrected chi connectivity index (χ3v) is 5.14. The Morgan fingerprint density at radius 3 is 2.58 bits per heavy atom. The molecule has 6 nitrogen and oxygen atoms in total. The Morgan fingerprint density at radius 2 is 1.88 bits per heavy atom. The molecule has 0 atom stereocenters. The van der Waals surface area contributed by atoms with E-state index in [4.69, 9.17) is 16.3 Å². The molecule has 2 aromatic rings. The van der Waals surface area contributed by atoms with Crippen LogP contribution in [0.15, 0.2) is 46.7 Å². The number of hydrogen-bond acceptors (Lipinski definition) is 6. The zero-order valence-corrected chi connectivity index (χ0v) is 16.1. The van der Waals surface area contributed by atoms with Gasteiger partial charge in [-0.1, -0.05) is 17.7 Å². The quantitative estimate of drug-likeness (QED) is 0.375. The zero-order chi connectivity index (χ0) is 18.8. The highest BCUT2D eigenvalue weighted by atomic mass is 35.5. The summed E-state index contributed by atoms with van der Waals surface area (Å²) in [5, 5.41) is 7.54. The number of carbonyl (C=O) groups is 3. The molecule has 0 unspecified atom stereocenters. The van der Waals surface area contributed by atoms with Gasteiger partial charge in [0, 0.05) is 22.2 Å². The van der Waals surface area contributed by atoms with E-state index in [9.17, 15) is 14.4 Å². The van der Waals surface area contributed by atoms with Crippen molar-refractivity contribution in [3.05, 3.63) is 51.7 Å². The van der Waals surface area contributed by atoms with Crippen molar-refractivity contribution in [2.24, 2.45) is 0 Å². The van der Waals surface area contributed by atoms with Crippen molar-refractivity contribution < 1.29 is 19.1 Å². The average molecular weight is 413 g/mol. The highest BCUT2D eigenvalue weighted by molar-refractivity contribution is 7.99. The molecular formula is C17H17ClN2O4S2. The van der Waals surface area contributed by atoms with Crippen molar-refractivity contribution in [1.29, 1.82) is 0 Å². The first-order chi connectivity index (χ1) is 12.5. The summed E-state index contributed by atoms with van der Waals surface area (Å²) in [4.78, 5) is 36.4. The van der Waals surface area contributed by atoms with Gasteiger partial charge in [0.25, 0.3) is 11.8 Å². The van der Waals surface area contributed by atoms with Gasteiger partial charge in [0.15, 0.2) is 6.61 Å².